The first-order valence-corrected chi connectivity index (χ1v) is 11.1. The molecule has 0 aromatic heterocycles. The number of carbonyl (C=O) groups is 1. The molecule has 7 heteroatoms. The number of nitrogens with zero attached hydrogens (tertiary/aromatic N) is 1. The minimum atomic E-state index is -3.63. The summed E-state index contributed by atoms with van der Waals surface area (Å²) in [6, 6.07) is 22.6. The van der Waals surface area contributed by atoms with Crippen molar-refractivity contribution < 1.29 is 17.9 Å². The van der Waals surface area contributed by atoms with Crippen LogP contribution >= 0.6 is 0 Å². The van der Waals surface area contributed by atoms with E-state index in [1.807, 2.05) is 60.7 Å². The van der Waals surface area contributed by atoms with E-state index in [0.29, 0.717) is 25.4 Å². The molecule has 0 saturated heterocycles. The lowest BCUT2D eigenvalue weighted by molar-refractivity contribution is -0.119. The zero-order valence-corrected chi connectivity index (χ0v) is 17.1. The van der Waals surface area contributed by atoms with Crippen molar-refractivity contribution >= 4 is 32.4 Å². The average Bonchev–Trinajstić information content (AvgIpc) is 2.71. The number of nitrogens with one attached hydrogen (secondary N) is 1. The molecular formula is C22H24N2O4S. The molecule has 0 aliphatic heterocycles. The Balaban J connectivity index is 1.60. The van der Waals surface area contributed by atoms with Gasteiger partial charge in [0.1, 0.15) is 6.54 Å². The zero-order chi connectivity index (χ0) is 20.7. The predicted molar refractivity (Wildman–Crippen MR) is 115 cm³/mol. The smallest absolute Gasteiger partial charge is 0.240 e. The van der Waals surface area contributed by atoms with Crippen molar-refractivity contribution in [1.82, 2.24) is 5.32 Å². The van der Waals surface area contributed by atoms with Crippen molar-refractivity contribution in [1.29, 1.82) is 0 Å². The minimum absolute atomic E-state index is 0.286. The number of sulfonamides is 1. The molecule has 29 heavy (non-hydrogen) atoms. The number of hydrogen-bond donors (Lipinski definition) is 1. The summed E-state index contributed by atoms with van der Waals surface area (Å²) >= 11 is 0. The second kappa shape index (κ2) is 9.54. The maximum absolute atomic E-state index is 12.4. The molecule has 0 radical (unpaired) electrons. The maximum atomic E-state index is 12.4. The van der Waals surface area contributed by atoms with Crippen molar-refractivity contribution in [2.45, 2.75) is 6.61 Å². The van der Waals surface area contributed by atoms with E-state index in [0.717, 1.165) is 26.9 Å². The molecule has 0 atom stereocenters. The fraction of sp³-hybridized carbons (Fsp3) is 0.227. The van der Waals surface area contributed by atoms with Crippen molar-refractivity contribution in [2.75, 3.05) is 30.3 Å². The lowest BCUT2D eigenvalue weighted by Gasteiger charge is -2.23. The summed E-state index contributed by atoms with van der Waals surface area (Å²) in [6.07, 6.45) is 1.10. The van der Waals surface area contributed by atoms with Crippen LogP contribution in [0.4, 0.5) is 5.69 Å². The van der Waals surface area contributed by atoms with Gasteiger partial charge < -0.3 is 10.1 Å². The van der Waals surface area contributed by atoms with Gasteiger partial charge in [0, 0.05) is 11.9 Å². The van der Waals surface area contributed by atoms with E-state index in [9.17, 15) is 13.2 Å². The van der Waals surface area contributed by atoms with Crippen LogP contribution in [-0.2, 0) is 26.2 Å². The molecule has 0 fully saturated rings. The Hall–Kier alpha value is -2.90. The van der Waals surface area contributed by atoms with E-state index in [1.54, 1.807) is 12.1 Å². The monoisotopic (exact) mass is 412 g/mol. The van der Waals surface area contributed by atoms with Crippen LogP contribution in [-0.4, -0.2) is 40.3 Å². The molecule has 3 aromatic rings. The lowest BCUT2D eigenvalue weighted by atomic mass is 10.1. The number of benzene rings is 3. The number of fused-ring (bicyclic) bond motifs is 1. The highest BCUT2D eigenvalue weighted by Crippen LogP contribution is 2.28. The second-order valence-corrected chi connectivity index (χ2v) is 8.56. The van der Waals surface area contributed by atoms with Gasteiger partial charge in [-0.3, -0.25) is 9.10 Å². The molecule has 0 bridgehead atoms. The van der Waals surface area contributed by atoms with Crippen LogP contribution in [0, 0.1) is 0 Å². The van der Waals surface area contributed by atoms with Gasteiger partial charge in [0.15, 0.2) is 0 Å². The van der Waals surface area contributed by atoms with Crippen LogP contribution in [0.25, 0.3) is 10.8 Å². The molecule has 0 heterocycles. The van der Waals surface area contributed by atoms with Crippen LogP contribution in [0.1, 0.15) is 5.56 Å². The van der Waals surface area contributed by atoms with Gasteiger partial charge in [-0.1, -0.05) is 66.7 Å². The number of amides is 1. The molecule has 1 amide bonds. The van der Waals surface area contributed by atoms with E-state index in [1.165, 1.54) is 0 Å². The van der Waals surface area contributed by atoms with Gasteiger partial charge in [-0.05, 0) is 17.0 Å². The molecule has 0 unspecified atom stereocenters. The first kappa shape index (κ1) is 20.8. The highest BCUT2D eigenvalue weighted by Gasteiger charge is 2.22. The standard InChI is InChI=1S/C22H24N2O4S/c1-29(26,27)24(21-13-7-11-19-10-5-6-12-20(19)21)16-22(25)23-14-15-28-17-18-8-3-2-4-9-18/h2-13H,14-17H2,1H3,(H,23,25). The Kier molecular flexibility index (Phi) is 6.85. The van der Waals surface area contributed by atoms with E-state index in [4.69, 9.17) is 4.74 Å². The summed E-state index contributed by atoms with van der Waals surface area (Å²) in [4.78, 5) is 12.4. The van der Waals surface area contributed by atoms with Gasteiger partial charge in [-0.2, -0.15) is 0 Å². The van der Waals surface area contributed by atoms with Gasteiger partial charge in [0.05, 0.1) is 25.2 Å². The SMILES string of the molecule is CS(=O)(=O)N(CC(=O)NCCOCc1ccccc1)c1cccc2ccccc12. The number of carbonyl (C=O) groups excluding carboxylic acids is 1. The van der Waals surface area contributed by atoms with Crippen molar-refractivity contribution in [3.8, 4) is 0 Å². The Morgan fingerprint density at radius 3 is 2.41 bits per heavy atom. The molecule has 3 rings (SSSR count). The van der Waals surface area contributed by atoms with Gasteiger partial charge in [-0.15, -0.1) is 0 Å². The molecular weight excluding hydrogens is 388 g/mol. The molecule has 0 saturated carbocycles. The fourth-order valence-corrected chi connectivity index (χ4v) is 3.89. The number of anilines is 1. The Labute approximate surface area is 171 Å². The van der Waals surface area contributed by atoms with Crippen LogP contribution in [0.15, 0.2) is 72.8 Å². The first-order chi connectivity index (χ1) is 13.9. The van der Waals surface area contributed by atoms with Crippen LogP contribution in [0.2, 0.25) is 0 Å². The molecule has 0 aliphatic rings. The third kappa shape index (κ3) is 5.79. The summed E-state index contributed by atoms with van der Waals surface area (Å²) in [5.41, 5.74) is 1.54. The molecule has 6 nitrogen and oxygen atoms in total. The predicted octanol–water partition coefficient (Wildman–Crippen LogP) is 2.94. The van der Waals surface area contributed by atoms with Gasteiger partial charge in [-0.25, -0.2) is 8.42 Å². The zero-order valence-electron chi connectivity index (χ0n) is 16.2. The highest BCUT2D eigenvalue weighted by atomic mass is 32.2. The normalized spacial score (nSPS) is 11.3. The lowest BCUT2D eigenvalue weighted by Crippen LogP contribution is -2.41. The third-order valence-corrected chi connectivity index (χ3v) is 5.53. The number of hydrogen-bond acceptors (Lipinski definition) is 4. The van der Waals surface area contributed by atoms with Crippen LogP contribution < -0.4 is 9.62 Å². The van der Waals surface area contributed by atoms with Gasteiger partial charge >= 0.3 is 0 Å². The van der Waals surface area contributed by atoms with Crippen molar-refractivity contribution in [3.05, 3.63) is 78.4 Å². The summed E-state index contributed by atoms with van der Waals surface area (Å²) in [5, 5.41) is 4.41. The quantitative estimate of drug-likeness (QED) is 0.549. The number of rotatable bonds is 9. The van der Waals surface area contributed by atoms with Crippen molar-refractivity contribution in [2.24, 2.45) is 0 Å². The van der Waals surface area contributed by atoms with E-state index < -0.39 is 10.0 Å². The Bertz CT molecular complexity index is 1060. The molecule has 0 spiro atoms. The molecule has 1 N–H and O–H groups in total. The fourth-order valence-electron chi connectivity index (χ4n) is 3.02. The summed E-state index contributed by atoms with van der Waals surface area (Å²) < 4.78 is 31.4. The van der Waals surface area contributed by atoms with Crippen LogP contribution in [0.5, 0.6) is 0 Å². The van der Waals surface area contributed by atoms with Crippen molar-refractivity contribution in [3.63, 3.8) is 0 Å². The Morgan fingerprint density at radius 2 is 1.66 bits per heavy atom. The Morgan fingerprint density at radius 1 is 0.966 bits per heavy atom. The molecule has 152 valence electrons. The number of ether oxygens (including phenoxy) is 1. The summed E-state index contributed by atoms with van der Waals surface area (Å²) in [7, 11) is -3.63. The topological polar surface area (TPSA) is 75.7 Å². The van der Waals surface area contributed by atoms with E-state index in [-0.39, 0.29) is 12.5 Å². The van der Waals surface area contributed by atoms with E-state index >= 15 is 0 Å². The van der Waals surface area contributed by atoms with Gasteiger partial charge in [0.2, 0.25) is 15.9 Å². The third-order valence-electron chi connectivity index (χ3n) is 4.40. The maximum Gasteiger partial charge on any atom is 0.240 e. The summed E-state index contributed by atoms with van der Waals surface area (Å²) in [6.45, 7) is 0.820. The second-order valence-electron chi connectivity index (χ2n) is 6.66. The van der Waals surface area contributed by atoms with E-state index in [2.05, 4.69) is 5.32 Å². The highest BCUT2D eigenvalue weighted by molar-refractivity contribution is 7.92. The first-order valence-electron chi connectivity index (χ1n) is 9.29. The minimum Gasteiger partial charge on any atom is -0.375 e. The van der Waals surface area contributed by atoms with Gasteiger partial charge in [0.25, 0.3) is 0 Å². The van der Waals surface area contributed by atoms with Crippen LogP contribution in [0.3, 0.4) is 0 Å². The average molecular weight is 413 g/mol. The molecule has 0 aliphatic carbocycles. The molecule has 3 aromatic carbocycles. The largest absolute Gasteiger partial charge is 0.375 e. The summed E-state index contributed by atoms with van der Waals surface area (Å²) in [5.74, 6) is -0.383.